The van der Waals surface area contributed by atoms with Crippen LogP contribution >= 0.6 is 11.8 Å². The van der Waals surface area contributed by atoms with E-state index in [0.29, 0.717) is 0 Å². The van der Waals surface area contributed by atoms with Gasteiger partial charge in [-0.05, 0) is 95.1 Å². The molecule has 0 fully saturated rings. The largest absolute Gasteiger partial charge is 0.0888 e. The van der Waals surface area contributed by atoms with E-state index in [9.17, 15) is 0 Å². The first-order valence-electron chi connectivity index (χ1n) is 16.0. The van der Waals surface area contributed by atoms with Gasteiger partial charge in [-0.3, -0.25) is 0 Å². The summed E-state index contributed by atoms with van der Waals surface area (Å²) in [5.74, 6) is 0. The van der Waals surface area contributed by atoms with Crippen molar-refractivity contribution in [2.45, 2.75) is 15.2 Å². The van der Waals surface area contributed by atoms with E-state index < -0.39 is 5.41 Å². The first-order valence-corrected chi connectivity index (χ1v) is 16.8. The van der Waals surface area contributed by atoms with Crippen molar-refractivity contribution in [1.82, 2.24) is 0 Å². The molecule has 1 heteroatoms. The maximum atomic E-state index is 2.41. The Labute approximate surface area is 272 Å². The van der Waals surface area contributed by atoms with Crippen molar-refractivity contribution >= 4 is 33.3 Å². The molecular formula is C45H26S. The molecular weight excluding hydrogens is 573 g/mol. The van der Waals surface area contributed by atoms with Gasteiger partial charge in [-0.15, -0.1) is 0 Å². The summed E-state index contributed by atoms with van der Waals surface area (Å²) in [6, 6.07) is 59.4. The Morgan fingerprint density at radius 3 is 1.89 bits per heavy atom. The van der Waals surface area contributed by atoms with Gasteiger partial charge in [0.25, 0.3) is 0 Å². The predicted octanol–water partition coefficient (Wildman–Crippen LogP) is 12.1. The highest BCUT2D eigenvalue weighted by molar-refractivity contribution is 7.99. The van der Waals surface area contributed by atoms with Crippen LogP contribution in [-0.4, -0.2) is 0 Å². The highest BCUT2D eigenvalue weighted by Crippen LogP contribution is 2.65. The summed E-state index contributed by atoms with van der Waals surface area (Å²) < 4.78 is 0. The van der Waals surface area contributed by atoms with Crippen LogP contribution in [0.3, 0.4) is 0 Å². The van der Waals surface area contributed by atoms with E-state index in [1.807, 2.05) is 11.8 Å². The smallest absolute Gasteiger partial charge is 0.0731 e. The SMILES string of the molecule is c1ccc2c(c1)Sc1ccc(-c3cccc4c3-c3ccccc3C43c4ccccc4-c4ccc5ccccc5c43)c3cccc-2c13. The van der Waals surface area contributed by atoms with Gasteiger partial charge in [0.05, 0.1) is 5.41 Å². The molecule has 1 unspecified atom stereocenters. The molecule has 0 saturated carbocycles. The topological polar surface area (TPSA) is 0 Å². The second kappa shape index (κ2) is 8.88. The first kappa shape index (κ1) is 24.9. The van der Waals surface area contributed by atoms with E-state index in [1.165, 1.54) is 98.1 Å². The van der Waals surface area contributed by atoms with Crippen molar-refractivity contribution in [3.63, 3.8) is 0 Å². The van der Waals surface area contributed by atoms with Crippen LogP contribution in [0, 0.1) is 0 Å². The van der Waals surface area contributed by atoms with Gasteiger partial charge in [-0.2, -0.15) is 0 Å². The Bertz CT molecular complexity index is 2630. The predicted molar refractivity (Wildman–Crippen MR) is 193 cm³/mol. The Morgan fingerprint density at radius 1 is 0.348 bits per heavy atom. The molecule has 1 heterocycles. The molecule has 2 aliphatic carbocycles. The minimum atomic E-state index is -0.393. The molecule has 0 saturated heterocycles. The summed E-state index contributed by atoms with van der Waals surface area (Å²) in [4.78, 5) is 2.67. The Kier molecular flexibility index (Phi) is 4.80. The van der Waals surface area contributed by atoms with Gasteiger partial charge in [0.1, 0.15) is 0 Å². The summed E-state index contributed by atoms with van der Waals surface area (Å²) in [5.41, 5.74) is 15.8. The van der Waals surface area contributed by atoms with Crippen LogP contribution in [0.15, 0.2) is 168 Å². The van der Waals surface area contributed by atoms with E-state index in [2.05, 4.69) is 158 Å². The third-order valence-electron chi connectivity index (χ3n) is 10.7. The zero-order valence-electron chi connectivity index (χ0n) is 24.9. The van der Waals surface area contributed by atoms with Crippen molar-refractivity contribution < 1.29 is 0 Å². The number of rotatable bonds is 1. The molecule has 0 radical (unpaired) electrons. The van der Waals surface area contributed by atoms with Crippen molar-refractivity contribution in [3.05, 3.63) is 180 Å². The highest BCUT2D eigenvalue weighted by atomic mass is 32.2. The lowest BCUT2D eigenvalue weighted by Gasteiger charge is -2.31. The fourth-order valence-corrected chi connectivity index (χ4v) is 10.1. The molecule has 0 amide bonds. The molecule has 0 bridgehead atoms. The Morgan fingerprint density at radius 2 is 0.978 bits per heavy atom. The molecule has 0 nitrogen and oxygen atoms in total. The van der Waals surface area contributed by atoms with Crippen molar-refractivity contribution in [1.29, 1.82) is 0 Å². The second-order valence-corrected chi connectivity index (χ2v) is 13.8. The maximum Gasteiger partial charge on any atom is 0.0731 e. The van der Waals surface area contributed by atoms with Gasteiger partial charge in [0.15, 0.2) is 0 Å². The zero-order chi connectivity index (χ0) is 30.0. The van der Waals surface area contributed by atoms with E-state index in [1.54, 1.807) is 0 Å². The van der Waals surface area contributed by atoms with Crippen LogP contribution < -0.4 is 0 Å². The minimum Gasteiger partial charge on any atom is -0.0888 e. The quantitative estimate of drug-likeness (QED) is 0.181. The highest BCUT2D eigenvalue weighted by Gasteiger charge is 2.52. The number of fused-ring (bicyclic) bond motifs is 14. The molecule has 8 aromatic rings. The van der Waals surface area contributed by atoms with Crippen LogP contribution in [0.1, 0.15) is 22.3 Å². The number of hydrogen-bond donors (Lipinski definition) is 0. The molecule has 0 N–H and O–H groups in total. The zero-order valence-corrected chi connectivity index (χ0v) is 25.7. The standard InChI is InChI=1S/C45H26S/c1-2-12-28-27(11-1)23-24-35-30-13-3-6-19-37(30)45(44(28)35)38-20-7-4-15-36(38)42-32(18-10-21-39(42)45)29-25-26-41-43-33(29)16-9-17-34(43)31-14-5-8-22-40(31)46-41/h1-26H. The summed E-state index contributed by atoms with van der Waals surface area (Å²) >= 11 is 1.89. The van der Waals surface area contributed by atoms with E-state index >= 15 is 0 Å². The monoisotopic (exact) mass is 598 g/mol. The van der Waals surface area contributed by atoms with Gasteiger partial charge >= 0.3 is 0 Å². The fraction of sp³-hybridized carbons (Fsp3) is 0.0222. The Hall–Kier alpha value is -5.37. The van der Waals surface area contributed by atoms with Crippen LogP contribution in [-0.2, 0) is 5.41 Å². The lowest BCUT2D eigenvalue weighted by molar-refractivity contribution is 0.801. The maximum absolute atomic E-state index is 2.41. The average molecular weight is 599 g/mol. The third-order valence-corrected chi connectivity index (χ3v) is 11.8. The summed E-state index contributed by atoms with van der Waals surface area (Å²) in [6.07, 6.45) is 0. The fourth-order valence-electron chi connectivity index (χ4n) is 9.01. The average Bonchev–Trinajstić information content (AvgIpc) is 3.60. The van der Waals surface area contributed by atoms with E-state index in [4.69, 9.17) is 0 Å². The molecule has 1 aliphatic heterocycles. The van der Waals surface area contributed by atoms with E-state index in [-0.39, 0.29) is 0 Å². The van der Waals surface area contributed by atoms with Gasteiger partial charge in [-0.1, -0.05) is 157 Å². The molecule has 0 aromatic heterocycles. The summed E-state index contributed by atoms with van der Waals surface area (Å²) in [6.45, 7) is 0. The lowest BCUT2D eigenvalue weighted by atomic mass is 9.69. The molecule has 3 aliphatic rings. The molecule has 46 heavy (non-hydrogen) atoms. The van der Waals surface area contributed by atoms with Gasteiger partial charge in [-0.25, -0.2) is 0 Å². The molecule has 11 rings (SSSR count). The molecule has 1 spiro atoms. The molecule has 1 atom stereocenters. The number of benzene rings is 8. The number of hydrogen-bond acceptors (Lipinski definition) is 1. The minimum absolute atomic E-state index is 0.393. The van der Waals surface area contributed by atoms with E-state index in [0.717, 1.165) is 0 Å². The lowest BCUT2D eigenvalue weighted by Crippen LogP contribution is -2.26. The van der Waals surface area contributed by atoms with Gasteiger partial charge in [0.2, 0.25) is 0 Å². The third kappa shape index (κ3) is 2.93. The Balaban J connectivity index is 1.27. The summed E-state index contributed by atoms with van der Waals surface area (Å²) in [5, 5.41) is 5.31. The van der Waals surface area contributed by atoms with Crippen molar-refractivity contribution in [3.8, 4) is 44.5 Å². The van der Waals surface area contributed by atoms with Crippen LogP contribution in [0.5, 0.6) is 0 Å². The summed E-state index contributed by atoms with van der Waals surface area (Å²) in [7, 11) is 0. The van der Waals surface area contributed by atoms with Crippen LogP contribution in [0.2, 0.25) is 0 Å². The van der Waals surface area contributed by atoms with Gasteiger partial charge in [0, 0.05) is 15.2 Å². The van der Waals surface area contributed by atoms with Crippen molar-refractivity contribution in [2.24, 2.45) is 0 Å². The van der Waals surface area contributed by atoms with Crippen molar-refractivity contribution in [2.75, 3.05) is 0 Å². The molecule has 8 aromatic carbocycles. The normalized spacial score (nSPS) is 16.3. The first-order chi connectivity index (χ1) is 22.8. The van der Waals surface area contributed by atoms with Crippen LogP contribution in [0.25, 0.3) is 66.1 Å². The van der Waals surface area contributed by atoms with Crippen LogP contribution in [0.4, 0.5) is 0 Å². The molecule has 212 valence electrons. The second-order valence-electron chi connectivity index (χ2n) is 12.7. The van der Waals surface area contributed by atoms with Gasteiger partial charge < -0.3 is 0 Å².